The Morgan fingerprint density at radius 1 is 1.42 bits per heavy atom. The molecule has 0 aromatic carbocycles. The van der Waals surface area contributed by atoms with Crippen LogP contribution >= 0.6 is 11.3 Å². The van der Waals surface area contributed by atoms with Crippen molar-refractivity contribution in [3.05, 3.63) is 28.0 Å². The third-order valence-corrected chi connectivity index (χ3v) is 3.87. The van der Waals surface area contributed by atoms with E-state index in [1.54, 1.807) is 11.3 Å². The number of aromatic nitrogens is 1. The van der Waals surface area contributed by atoms with Crippen LogP contribution in [0.3, 0.4) is 0 Å². The fourth-order valence-corrected chi connectivity index (χ4v) is 2.58. The standard InChI is InChI=1S/C13H15NO4S/c1-7-5-10(19-8(7)2)12-14-9(6-16-3)11(18-12)13(15)17-4/h5H,6H2,1-4H3. The fourth-order valence-electron chi connectivity index (χ4n) is 1.62. The number of carbonyl (C=O) groups excluding carboxylic acids is 1. The third kappa shape index (κ3) is 2.69. The highest BCUT2D eigenvalue weighted by atomic mass is 32.1. The van der Waals surface area contributed by atoms with Gasteiger partial charge in [0, 0.05) is 12.0 Å². The van der Waals surface area contributed by atoms with Crippen molar-refractivity contribution < 1.29 is 18.7 Å². The van der Waals surface area contributed by atoms with Crippen LogP contribution in [0.2, 0.25) is 0 Å². The molecular formula is C13H15NO4S. The van der Waals surface area contributed by atoms with Crippen molar-refractivity contribution in [1.29, 1.82) is 0 Å². The Balaban J connectivity index is 2.44. The molecule has 2 aromatic heterocycles. The minimum absolute atomic E-state index is 0.100. The van der Waals surface area contributed by atoms with E-state index >= 15 is 0 Å². The molecule has 0 aliphatic carbocycles. The predicted molar refractivity (Wildman–Crippen MR) is 71.3 cm³/mol. The minimum atomic E-state index is -0.546. The molecule has 5 nitrogen and oxygen atoms in total. The summed E-state index contributed by atoms with van der Waals surface area (Å²) in [6.07, 6.45) is 0. The fraction of sp³-hybridized carbons (Fsp3) is 0.385. The van der Waals surface area contributed by atoms with Crippen molar-refractivity contribution in [2.24, 2.45) is 0 Å². The first-order valence-corrected chi connectivity index (χ1v) is 6.52. The van der Waals surface area contributed by atoms with Crippen LogP contribution in [0.5, 0.6) is 0 Å². The maximum Gasteiger partial charge on any atom is 0.376 e. The average molecular weight is 281 g/mol. The first-order chi connectivity index (χ1) is 9.06. The van der Waals surface area contributed by atoms with E-state index in [1.807, 2.05) is 19.9 Å². The van der Waals surface area contributed by atoms with Crippen molar-refractivity contribution >= 4 is 17.3 Å². The first kappa shape index (κ1) is 13.8. The molecule has 2 rings (SSSR count). The molecule has 0 bridgehead atoms. The molecule has 0 atom stereocenters. The van der Waals surface area contributed by atoms with Crippen LogP contribution in [0, 0.1) is 13.8 Å². The van der Waals surface area contributed by atoms with Gasteiger partial charge in [-0.25, -0.2) is 9.78 Å². The molecule has 0 saturated carbocycles. The summed E-state index contributed by atoms with van der Waals surface area (Å²) in [5, 5.41) is 0. The van der Waals surface area contributed by atoms with Gasteiger partial charge in [-0.05, 0) is 25.5 Å². The molecule has 6 heteroatoms. The maximum absolute atomic E-state index is 11.6. The number of thiophene rings is 1. The van der Waals surface area contributed by atoms with Gasteiger partial charge < -0.3 is 13.9 Å². The molecule has 0 unspecified atom stereocenters. The van der Waals surface area contributed by atoms with Gasteiger partial charge in [-0.3, -0.25) is 0 Å². The quantitative estimate of drug-likeness (QED) is 0.806. The largest absolute Gasteiger partial charge is 0.463 e. The summed E-state index contributed by atoms with van der Waals surface area (Å²) in [4.78, 5) is 18.0. The van der Waals surface area contributed by atoms with Crippen LogP contribution in [0.15, 0.2) is 10.5 Å². The molecule has 0 N–H and O–H groups in total. The number of hydrogen-bond donors (Lipinski definition) is 0. The highest BCUT2D eigenvalue weighted by molar-refractivity contribution is 7.15. The summed E-state index contributed by atoms with van der Waals surface area (Å²) < 4.78 is 15.2. The molecule has 0 aliphatic heterocycles. The lowest BCUT2D eigenvalue weighted by atomic mass is 10.3. The first-order valence-electron chi connectivity index (χ1n) is 5.71. The Hall–Kier alpha value is -1.66. The molecule has 0 saturated heterocycles. The van der Waals surface area contributed by atoms with Gasteiger partial charge in [0.05, 0.1) is 18.6 Å². The SMILES string of the molecule is COCc1nc(-c2cc(C)c(C)s2)oc1C(=O)OC. The van der Waals surface area contributed by atoms with Gasteiger partial charge in [-0.15, -0.1) is 11.3 Å². The lowest BCUT2D eigenvalue weighted by Crippen LogP contribution is -2.04. The number of hydrogen-bond acceptors (Lipinski definition) is 6. The van der Waals surface area contributed by atoms with Crippen LogP contribution in [0.1, 0.15) is 26.7 Å². The zero-order valence-electron chi connectivity index (χ0n) is 11.3. The van der Waals surface area contributed by atoms with Crippen molar-refractivity contribution in [1.82, 2.24) is 4.98 Å². The number of esters is 1. The van der Waals surface area contributed by atoms with E-state index in [0.717, 1.165) is 4.88 Å². The Kier molecular flexibility index (Phi) is 4.01. The van der Waals surface area contributed by atoms with Crippen molar-refractivity contribution in [3.63, 3.8) is 0 Å². The van der Waals surface area contributed by atoms with Crippen LogP contribution in [-0.4, -0.2) is 25.2 Å². The minimum Gasteiger partial charge on any atom is -0.463 e. The van der Waals surface area contributed by atoms with E-state index in [1.165, 1.54) is 24.7 Å². The number of ether oxygens (including phenoxy) is 2. The van der Waals surface area contributed by atoms with Crippen LogP contribution in [0.4, 0.5) is 0 Å². The summed E-state index contributed by atoms with van der Waals surface area (Å²) in [5.74, 6) is -0.0208. The number of rotatable bonds is 4. The predicted octanol–water partition coefficient (Wildman–Crippen LogP) is 2.95. The van der Waals surface area contributed by atoms with E-state index in [2.05, 4.69) is 9.72 Å². The molecule has 0 amide bonds. The maximum atomic E-state index is 11.6. The topological polar surface area (TPSA) is 61.6 Å². The zero-order chi connectivity index (χ0) is 14.0. The van der Waals surface area contributed by atoms with Gasteiger partial charge in [0.25, 0.3) is 0 Å². The normalized spacial score (nSPS) is 10.7. The molecule has 0 spiro atoms. The lowest BCUT2D eigenvalue weighted by molar-refractivity contribution is 0.0559. The monoisotopic (exact) mass is 281 g/mol. The summed E-state index contributed by atoms with van der Waals surface area (Å²) in [7, 11) is 2.84. The zero-order valence-corrected chi connectivity index (χ0v) is 12.1. The van der Waals surface area contributed by atoms with E-state index < -0.39 is 5.97 Å². The highest BCUT2D eigenvalue weighted by Crippen LogP contribution is 2.31. The van der Waals surface area contributed by atoms with Gasteiger partial charge >= 0.3 is 5.97 Å². The number of oxazole rings is 1. The van der Waals surface area contributed by atoms with E-state index in [-0.39, 0.29) is 12.4 Å². The number of carbonyl (C=O) groups is 1. The lowest BCUT2D eigenvalue weighted by Gasteiger charge is -1.96. The smallest absolute Gasteiger partial charge is 0.376 e. The summed E-state index contributed by atoms with van der Waals surface area (Å²) >= 11 is 1.58. The Bertz CT molecular complexity index is 580. The highest BCUT2D eigenvalue weighted by Gasteiger charge is 2.22. The second-order valence-electron chi connectivity index (χ2n) is 4.07. The van der Waals surface area contributed by atoms with Gasteiger partial charge in [-0.2, -0.15) is 0 Å². The van der Waals surface area contributed by atoms with Gasteiger partial charge in [0.2, 0.25) is 11.7 Å². The van der Waals surface area contributed by atoms with Crippen molar-refractivity contribution in [2.45, 2.75) is 20.5 Å². The van der Waals surface area contributed by atoms with E-state index in [0.29, 0.717) is 11.6 Å². The number of nitrogens with zero attached hydrogens (tertiary/aromatic N) is 1. The van der Waals surface area contributed by atoms with Crippen LogP contribution in [0.25, 0.3) is 10.8 Å². The summed E-state index contributed by atoms with van der Waals surface area (Å²) in [6.45, 7) is 4.26. The summed E-state index contributed by atoms with van der Waals surface area (Å²) in [6, 6.07) is 1.99. The third-order valence-electron chi connectivity index (χ3n) is 2.73. The molecule has 19 heavy (non-hydrogen) atoms. The van der Waals surface area contributed by atoms with Crippen LogP contribution in [-0.2, 0) is 16.1 Å². The van der Waals surface area contributed by atoms with Crippen LogP contribution < -0.4 is 0 Å². The Labute approximate surface area is 115 Å². The number of methoxy groups -OCH3 is 2. The second-order valence-corrected chi connectivity index (χ2v) is 5.33. The Morgan fingerprint density at radius 2 is 2.16 bits per heavy atom. The second kappa shape index (κ2) is 5.54. The Morgan fingerprint density at radius 3 is 2.68 bits per heavy atom. The van der Waals surface area contributed by atoms with E-state index in [4.69, 9.17) is 9.15 Å². The average Bonchev–Trinajstić information content (AvgIpc) is 2.94. The molecule has 2 aromatic rings. The molecule has 0 radical (unpaired) electrons. The molecule has 102 valence electrons. The summed E-state index contributed by atoms with van der Waals surface area (Å²) in [5.41, 5.74) is 1.62. The van der Waals surface area contributed by atoms with Crippen molar-refractivity contribution in [3.8, 4) is 10.8 Å². The van der Waals surface area contributed by atoms with Gasteiger partial charge in [0.1, 0.15) is 5.69 Å². The van der Waals surface area contributed by atoms with E-state index in [9.17, 15) is 4.79 Å². The number of aryl methyl sites for hydroxylation is 2. The van der Waals surface area contributed by atoms with Gasteiger partial charge in [-0.1, -0.05) is 0 Å². The molecule has 2 heterocycles. The molecule has 0 aliphatic rings. The van der Waals surface area contributed by atoms with Gasteiger partial charge in [0.15, 0.2) is 0 Å². The molecule has 0 fully saturated rings. The van der Waals surface area contributed by atoms with Crippen molar-refractivity contribution in [2.75, 3.05) is 14.2 Å². The molecular weight excluding hydrogens is 266 g/mol.